The first-order chi connectivity index (χ1) is 16.1. The molecule has 1 amide bonds. The highest BCUT2D eigenvalue weighted by Gasteiger charge is 2.47. The average molecular weight is 449 g/mol. The summed E-state index contributed by atoms with van der Waals surface area (Å²) in [5.41, 5.74) is 4.28. The summed E-state index contributed by atoms with van der Waals surface area (Å²) >= 11 is 0. The van der Waals surface area contributed by atoms with E-state index in [1.54, 1.807) is 28.0 Å². The summed E-state index contributed by atoms with van der Waals surface area (Å²) < 4.78 is 22.1. The van der Waals surface area contributed by atoms with E-state index in [0.717, 1.165) is 22.4 Å². The SMILES string of the molecule is O=C1OC(Cn2ccnn2)[C@@H]2Cc3cc(-c4ccc(C5=NOC(CO)C5)c(F)c4)ccc3N12. The highest BCUT2D eigenvalue weighted by molar-refractivity contribution is 6.02. The molecule has 33 heavy (non-hydrogen) atoms. The van der Waals surface area contributed by atoms with Crippen LogP contribution in [0.3, 0.4) is 0 Å². The van der Waals surface area contributed by atoms with Crippen LogP contribution in [0.25, 0.3) is 11.1 Å². The van der Waals surface area contributed by atoms with Crippen LogP contribution in [-0.4, -0.2) is 56.8 Å². The van der Waals surface area contributed by atoms with Gasteiger partial charge in [-0.05, 0) is 47.4 Å². The van der Waals surface area contributed by atoms with E-state index in [9.17, 15) is 14.3 Å². The lowest BCUT2D eigenvalue weighted by Crippen LogP contribution is -2.35. The van der Waals surface area contributed by atoms with Gasteiger partial charge in [-0.15, -0.1) is 5.10 Å². The zero-order valence-corrected chi connectivity index (χ0v) is 17.5. The first-order valence-corrected chi connectivity index (χ1v) is 10.7. The number of aliphatic hydroxyl groups excluding tert-OH is 1. The number of rotatable bonds is 5. The summed E-state index contributed by atoms with van der Waals surface area (Å²) in [7, 11) is 0. The van der Waals surface area contributed by atoms with Crippen molar-refractivity contribution in [3.05, 3.63) is 65.7 Å². The molecular weight excluding hydrogens is 429 g/mol. The van der Waals surface area contributed by atoms with Crippen molar-refractivity contribution in [2.75, 3.05) is 11.5 Å². The number of anilines is 1. The Morgan fingerprint density at radius 1 is 1.15 bits per heavy atom. The van der Waals surface area contributed by atoms with Crippen LogP contribution in [0, 0.1) is 5.82 Å². The number of oxime groups is 1. The summed E-state index contributed by atoms with van der Waals surface area (Å²) in [6.07, 6.45) is 3.22. The standard InChI is InChI=1S/C23H20FN5O4/c24-18-8-14(1-3-17(18)19-10-16(12-30)33-26-19)13-2-4-20-15(7-13)9-21-22(32-23(31)29(20)21)11-28-6-5-25-27-28/h1-8,16,21-22,30H,9-12H2/t16?,21-,22?/m0/s1. The molecule has 0 radical (unpaired) electrons. The zero-order valence-electron chi connectivity index (χ0n) is 17.5. The fourth-order valence-electron chi connectivity index (χ4n) is 4.74. The smallest absolute Gasteiger partial charge is 0.415 e. The van der Waals surface area contributed by atoms with Gasteiger partial charge < -0.3 is 14.7 Å². The number of halogens is 1. The lowest BCUT2D eigenvalue weighted by molar-refractivity contribution is 0.0390. The van der Waals surface area contributed by atoms with Crippen molar-refractivity contribution in [3.8, 4) is 11.1 Å². The number of aromatic nitrogens is 3. The third-order valence-electron chi connectivity index (χ3n) is 6.37. The maximum atomic E-state index is 14.9. The fraction of sp³-hybridized carbons (Fsp3) is 0.304. The van der Waals surface area contributed by atoms with Crippen LogP contribution in [0.5, 0.6) is 0 Å². The number of carbonyl (C=O) groups is 1. The number of benzene rings is 2. The molecule has 1 N–H and O–H groups in total. The number of fused-ring (bicyclic) bond motifs is 3. The molecule has 3 aliphatic heterocycles. The second kappa shape index (κ2) is 7.66. The van der Waals surface area contributed by atoms with Crippen molar-refractivity contribution in [2.24, 2.45) is 5.16 Å². The minimum absolute atomic E-state index is 0.120. The third kappa shape index (κ3) is 3.34. The van der Waals surface area contributed by atoms with Crippen LogP contribution in [0.15, 0.2) is 53.9 Å². The number of cyclic esters (lactones) is 1. The number of ether oxygens (including phenoxy) is 1. The van der Waals surface area contributed by atoms with Crippen molar-refractivity contribution < 1.29 is 23.9 Å². The molecule has 6 rings (SSSR count). The molecule has 0 bridgehead atoms. The van der Waals surface area contributed by atoms with Crippen LogP contribution < -0.4 is 4.90 Å². The van der Waals surface area contributed by atoms with Gasteiger partial charge in [-0.3, -0.25) is 4.90 Å². The number of hydrogen-bond donors (Lipinski definition) is 1. The van der Waals surface area contributed by atoms with Crippen LogP contribution in [0.1, 0.15) is 17.5 Å². The predicted molar refractivity (Wildman–Crippen MR) is 115 cm³/mol. The van der Waals surface area contributed by atoms with E-state index < -0.39 is 11.9 Å². The Bertz CT molecular complexity index is 1260. The van der Waals surface area contributed by atoms with Crippen LogP contribution in [0.4, 0.5) is 14.9 Å². The molecule has 4 heterocycles. The van der Waals surface area contributed by atoms with E-state index in [0.29, 0.717) is 30.7 Å². The fourth-order valence-corrected chi connectivity index (χ4v) is 4.74. The third-order valence-corrected chi connectivity index (χ3v) is 6.37. The zero-order chi connectivity index (χ0) is 22.5. The molecule has 3 aliphatic rings. The number of amides is 1. The number of nitrogens with zero attached hydrogens (tertiary/aromatic N) is 5. The molecule has 0 aliphatic carbocycles. The van der Waals surface area contributed by atoms with Crippen molar-refractivity contribution in [1.82, 2.24) is 15.0 Å². The van der Waals surface area contributed by atoms with Crippen molar-refractivity contribution in [3.63, 3.8) is 0 Å². The Kier molecular flexibility index (Phi) is 4.61. The Labute approximate surface area is 188 Å². The minimum atomic E-state index is -0.426. The van der Waals surface area contributed by atoms with E-state index in [1.807, 2.05) is 24.3 Å². The second-order valence-corrected chi connectivity index (χ2v) is 8.38. The topological polar surface area (TPSA) is 102 Å². The van der Waals surface area contributed by atoms with Crippen LogP contribution in [-0.2, 0) is 22.5 Å². The molecule has 0 saturated carbocycles. The largest absolute Gasteiger partial charge is 0.442 e. The highest BCUT2D eigenvalue weighted by atomic mass is 19.1. The molecule has 2 aromatic carbocycles. The van der Waals surface area contributed by atoms with Crippen molar-refractivity contribution in [1.29, 1.82) is 0 Å². The first-order valence-electron chi connectivity index (χ1n) is 10.7. The van der Waals surface area contributed by atoms with Gasteiger partial charge in [0.25, 0.3) is 0 Å². The average Bonchev–Trinajstić information content (AvgIpc) is 3.60. The molecule has 10 heteroatoms. The number of aliphatic hydroxyl groups is 1. The molecule has 1 aromatic heterocycles. The summed E-state index contributed by atoms with van der Waals surface area (Å²) in [5.74, 6) is -0.397. The Hall–Kier alpha value is -3.79. The van der Waals surface area contributed by atoms with Crippen molar-refractivity contribution >= 4 is 17.5 Å². The number of carbonyl (C=O) groups excluding carboxylic acids is 1. The Morgan fingerprint density at radius 3 is 2.76 bits per heavy atom. The quantitative estimate of drug-likeness (QED) is 0.642. The maximum Gasteiger partial charge on any atom is 0.415 e. The Balaban J connectivity index is 1.25. The lowest BCUT2D eigenvalue weighted by atomic mass is 9.97. The van der Waals surface area contributed by atoms with Gasteiger partial charge in [-0.2, -0.15) is 0 Å². The molecule has 0 spiro atoms. The molecular formula is C23H20FN5O4. The maximum absolute atomic E-state index is 14.9. The van der Waals surface area contributed by atoms with Gasteiger partial charge in [-0.1, -0.05) is 22.5 Å². The van der Waals surface area contributed by atoms with Gasteiger partial charge in [0.05, 0.1) is 36.8 Å². The normalized spacial score (nSPS) is 23.2. The van der Waals surface area contributed by atoms with Gasteiger partial charge in [-0.25, -0.2) is 13.9 Å². The van der Waals surface area contributed by atoms with Gasteiger partial charge in [0.2, 0.25) is 0 Å². The molecule has 3 atom stereocenters. The summed E-state index contributed by atoms with van der Waals surface area (Å²) in [6.45, 7) is 0.276. The van der Waals surface area contributed by atoms with E-state index in [1.165, 1.54) is 6.07 Å². The number of hydrogen-bond acceptors (Lipinski definition) is 7. The van der Waals surface area contributed by atoms with E-state index in [2.05, 4.69) is 15.5 Å². The van der Waals surface area contributed by atoms with E-state index in [-0.39, 0.29) is 24.8 Å². The summed E-state index contributed by atoms with van der Waals surface area (Å²) in [4.78, 5) is 19.3. The highest BCUT2D eigenvalue weighted by Crippen LogP contribution is 2.41. The minimum Gasteiger partial charge on any atom is -0.442 e. The summed E-state index contributed by atoms with van der Waals surface area (Å²) in [5, 5.41) is 20.9. The van der Waals surface area contributed by atoms with Gasteiger partial charge in [0.15, 0.2) is 6.10 Å². The second-order valence-electron chi connectivity index (χ2n) is 8.38. The molecule has 9 nitrogen and oxygen atoms in total. The molecule has 2 unspecified atom stereocenters. The van der Waals surface area contributed by atoms with E-state index >= 15 is 0 Å². The molecule has 3 aromatic rings. The van der Waals surface area contributed by atoms with Gasteiger partial charge in [0.1, 0.15) is 11.9 Å². The monoisotopic (exact) mass is 449 g/mol. The van der Waals surface area contributed by atoms with Gasteiger partial charge >= 0.3 is 6.09 Å². The summed E-state index contributed by atoms with van der Waals surface area (Å²) in [6, 6.07) is 10.6. The van der Waals surface area contributed by atoms with Crippen LogP contribution >= 0.6 is 0 Å². The first kappa shape index (κ1) is 19.9. The molecule has 1 saturated heterocycles. The van der Waals surface area contributed by atoms with Crippen molar-refractivity contribution in [2.45, 2.75) is 37.6 Å². The van der Waals surface area contributed by atoms with E-state index in [4.69, 9.17) is 9.57 Å². The lowest BCUT2D eigenvalue weighted by Gasteiger charge is -2.16. The van der Waals surface area contributed by atoms with Crippen LogP contribution in [0.2, 0.25) is 0 Å². The Morgan fingerprint density at radius 2 is 2.00 bits per heavy atom. The van der Waals surface area contributed by atoms with Gasteiger partial charge in [0, 0.05) is 18.2 Å². The molecule has 168 valence electrons. The molecule has 1 fully saturated rings. The predicted octanol–water partition coefficient (Wildman–Crippen LogP) is 2.52.